The lowest BCUT2D eigenvalue weighted by Crippen LogP contribution is -2.58. The van der Waals surface area contributed by atoms with Crippen LogP contribution in [0.25, 0.3) is 11.1 Å². The Hall–Kier alpha value is -3.28. The molecule has 1 amide bonds. The third-order valence-corrected chi connectivity index (χ3v) is 14.7. The quantitative estimate of drug-likeness (QED) is 0.269. The van der Waals surface area contributed by atoms with Crippen LogP contribution in [-0.4, -0.2) is 56.6 Å². The predicted octanol–water partition coefficient (Wildman–Crippen LogP) is 7.61. The summed E-state index contributed by atoms with van der Waals surface area (Å²) in [5.74, 6) is 0.736. The zero-order valence-corrected chi connectivity index (χ0v) is 27.7. The zero-order chi connectivity index (χ0) is 32.4. The van der Waals surface area contributed by atoms with Gasteiger partial charge in [0.05, 0.1) is 18.4 Å². The number of ether oxygens (including phenoxy) is 1. The number of carbonyl (C=O) groups is 1. The molecule has 0 bridgehead atoms. The van der Waals surface area contributed by atoms with Gasteiger partial charge in [-0.05, 0) is 96.9 Å². The molecule has 2 saturated heterocycles. The minimum absolute atomic E-state index is 0.0161. The number of halogens is 3. The van der Waals surface area contributed by atoms with Gasteiger partial charge in [0.1, 0.15) is 11.5 Å². The number of aryl methyl sites for hydroxylation is 1. The average Bonchev–Trinajstić information content (AvgIpc) is 3.71. The molecule has 3 aromatic rings. The summed E-state index contributed by atoms with van der Waals surface area (Å²) < 4.78 is 52.0. The second-order valence-electron chi connectivity index (χ2n) is 14.3. The highest BCUT2D eigenvalue weighted by atomic mass is 28.4. The van der Waals surface area contributed by atoms with Crippen molar-refractivity contribution in [1.82, 2.24) is 9.97 Å². The van der Waals surface area contributed by atoms with Crippen molar-refractivity contribution in [1.29, 1.82) is 0 Å². The summed E-state index contributed by atoms with van der Waals surface area (Å²) in [6, 6.07) is 11.9. The van der Waals surface area contributed by atoms with Crippen LogP contribution in [-0.2, 0) is 20.8 Å². The second-order valence-corrected chi connectivity index (χ2v) is 19.1. The Labute approximate surface area is 263 Å². The van der Waals surface area contributed by atoms with Crippen molar-refractivity contribution in [2.45, 2.75) is 76.4 Å². The van der Waals surface area contributed by atoms with E-state index < -0.39 is 26.1 Å². The molecule has 45 heavy (non-hydrogen) atoms. The molecule has 0 radical (unpaired) electrons. The maximum absolute atomic E-state index is 13.2. The lowest BCUT2D eigenvalue weighted by Gasteiger charge is -2.47. The molecule has 11 heteroatoms. The molecule has 1 aromatic carbocycles. The fourth-order valence-corrected chi connectivity index (χ4v) is 7.49. The molecule has 2 aliphatic heterocycles. The van der Waals surface area contributed by atoms with E-state index >= 15 is 0 Å². The van der Waals surface area contributed by atoms with Gasteiger partial charge >= 0.3 is 6.18 Å². The van der Waals surface area contributed by atoms with E-state index in [0.29, 0.717) is 11.6 Å². The number of amides is 1. The van der Waals surface area contributed by atoms with Gasteiger partial charge in [0.15, 0.2) is 8.32 Å². The molecule has 240 valence electrons. The molecular formula is C34H41F3N4O3Si. The molecule has 1 aliphatic carbocycles. The molecule has 7 nitrogen and oxygen atoms in total. The number of pyridine rings is 2. The minimum atomic E-state index is -4.64. The number of rotatable bonds is 7. The molecule has 3 aliphatic rings. The molecule has 1 N–H and O–H groups in total. The number of aromatic nitrogens is 2. The number of hydrogen-bond acceptors (Lipinski definition) is 6. The van der Waals surface area contributed by atoms with Crippen molar-refractivity contribution < 1.29 is 27.1 Å². The fourth-order valence-electron chi connectivity index (χ4n) is 6.15. The third-order valence-electron chi connectivity index (χ3n) is 10.1. The van der Waals surface area contributed by atoms with Crippen LogP contribution in [0.5, 0.6) is 0 Å². The first-order valence-corrected chi connectivity index (χ1v) is 18.5. The first-order chi connectivity index (χ1) is 21.1. The van der Waals surface area contributed by atoms with Crippen molar-refractivity contribution in [2.24, 2.45) is 5.92 Å². The van der Waals surface area contributed by atoms with Gasteiger partial charge in [-0.1, -0.05) is 26.8 Å². The van der Waals surface area contributed by atoms with E-state index in [-0.39, 0.29) is 22.1 Å². The smallest absolute Gasteiger partial charge is 0.410 e. The maximum Gasteiger partial charge on any atom is 0.433 e. The van der Waals surface area contributed by atoms with E-state index in [0.717, 1.165) is 79.6 Å². The van der Waals surface area contributed by atoms with E-state index in [2.05, 4.69) is 61.2 Å². The summed E-state index contributed by atoms with van der Waals surface area (Å²) in [5, 5.41) is 2.91. The predicted molar refractivity (Wildman–Crippen MR) is 171 cm³/mol. The summed E-state index contributed by atoms with van der Waals surface area (Å²) in [7, 11) is -1.89. The number of fused-ring (bicyclic) bond motifs is 1. The Bertz CT molecular complexity index is 1620. The van der Waals surface area contributed by atoms with Crippen LogP contribution in [0.15, 0.2) is 48.7 Å². The molecule has 0 spiro atoms. The van der Waals surface area contributed by atoms with E-state index in [9.17, 15) is 18.0 Å². The largest absolute Gasteiger partial charge is 0.433 e. The SMILES string of the molecule is Cc1ccc(NC(=O)c2ccnc(C(F)(F)F)c2)cc1-c1cc(N2CC(O[Si](C)(C)C(C)(C)C)C2)nc(C23CCOCC2C3)c1. The number of nitrogens with zero attached hydrogens (tertiary/aromatic N) is 3. The van der Waals surface area contributed by atoms with Gasteiger partial charge in [0.25, 0.3) is 5.91 Å². The van der Waals surface area contributed by atoms with Crippen molar-refractivity contribution in [3.63, 3.8) is 0 Å². The number of anilines is 2. The van der Waals surface area contributed by atoms with Gasteiger partial charge in [-0.15, -0.1) is 0 Å². The van der Waals surface area contributed by atoms with Crippen LogP contribution in [0.3, 0.4) is 0 Å². The first kappa shape index (κ1) is 31.7. The van der Waals surface area contributed by atoms with Crippen molar-refractivity contribution >= 4 is 25.7 Å². The number of nitrogens with one attached hydrogen (secondary N) is 1. The standard InChI is InChI=1S/C34H41F3N4O3Si/c1-21-7-8-25(39-31(42)22-9-11-38-29(13-22)34(35,36)37)16-27(21)23-14-28(33-10-12-43-20-24(33)17-33)40-30(15-23)41-18-26(19-41)44-45(5,6)32(2,3)4/h7-9,11,13-16,24,26H,10,12,17-20H2,1-6H3,(H,39,42). The van der Waals surface area contributed by atoms with Crippen LogP contribution in [0.1, 0.15) is 60.9 Å². The van der Waals surface area contributed by atoms with E-state index in [1.54, 1.807) is 6.07 Å². The Morgan fingerprint density at radius 1 is 1.11 bits per heavy atom. The Morgan fingerprint density at radius 3 is 2.56 bits per heavy atom. The molecule has 2 atom stereocenters. The molecule has 3 fully saturated rings. The normalized spacial score (nSPS) is 22.1. The average molecular weight is 639 g/mol. The Balaban J connectivity index is 1.29. The topological polar surface area (TPSA) is 76.6 Å². The Morgan fingerprint density at radius 2 is 1.87 bits per heavy atom. The minimum Gasteiger partial charge on any atom is -0.410 e. The van der Waals surface area contributed by atoms with Crippen molar-refractivity contribution in [3.05, 3.63) is 71.2 Å². The summed E-state index contributed by atoms with van der Waals surface area (Å²) in [6.07, 6.45) is -1.48. The van der Waals surface area contributed by atoms with E-state index in [1.807, 2.05) is 19.1 Å². The molecule has 6 rings (SSSR count). The van der Waals surface area contributed by atoms with Gasteiger partial charge < -0.3 is 19.4 Å². The van der Waals surface area contributed by atoms with Gasteiger partial charge in [-0.3, -0.25) is 9.78 Å². The van der Waals surface area contributed by atoms with Gasteiger partial charge in [-0.25, -0.2) is 4.98 Å². The monoisotopic (exact) mass is 638 g/mol. The number of benzene rings is 1. The summed E-state index contributed by atoms with van der Waals surface area (Å²) in [4.78, 5) is 23.8. The van der Waals surface area contributed by atoms with Gasteiger partial charge in [0.2, 0.25) is 0 Å². The number of hydrogen-bond donors (Lipinski definition) is 1. The fraction of sp³-hybridized carbons (Fsp3) is 0.500. The number of carbonyl (C=O) groups excluding carboxylic acids is 1. The highest BCUT2D eigenvalue weighted by Crippen LogP contribution is 2.59. The van der Waals surface area contributed by atoms with Crippen LogP contribution >= 0.6 is 0 Å². The summed E-state index contributed by atoms with van der Waals surface area (Å²) >= 11 is 0. The molecule has 2 aromatic heterocycles. The van der Waals surface area contributed by atoms with Gasteiger partial charge in [-0.2, -0.15) is 13.2 Å². The lowest BCUT2D eigenvalue weighted by atomic mass is 9.90. The maximum atomic E-state index is 13.2. The highest BCUT2D eigenvalue weighted by molar-refractivity contribution is 6.74. The van der Waals surface area contributed by atoms with Crippen LogP contribution in [0.2, 0.25) is 18.1 Å². The van der Waals surface area contributed by atoms with Crippen molar-refractivity contribution in [2.75, 3.05) is 36.5 Å². The summed E-state index contributed by atoms with van der Waals surface area (Å²) in [6.45, 7) is 16.4. The Kier molecular flexibility index (Phi) is 7.89. The van der Waals surface area contributed by atoms with Crippen LogP contribution < -0.4 is 10.2 Å². The van der Waals surface area contributed by atoms with Crippen LogP contribution in [0, 0.1) is 12.8 Å². The third kappa shape index (κ3) is 6.26. The molecule has 4 heterocycles. The van der Waals surface area contributed by atoms with E-state index in [4.69, 9.17) is 14.1 Å². The first-order valence-electron chi connectivity index (χ1n) is 15.5. The zero-order valence-electron chi connectivity index (χ0n) is 26.7. The lowest BCUT2D eigenvalue weighted by molar-refractivity contribution is -0.141. The summed E-state index contributed by atoms with van der Waals surface area (Å²) in [5.41, 5.74) is 3.30. The molecule has 2 unspecified atom stereocenters. The van der Waals surface area contributed by atoms with Crippen LogP contribution in [0.4, 0.5) is 24.7 Å². The second kappa shape index (κ2) is 11.2. The van der Waals surface area contributed by atoms with Crippen molar-refractivity contribution in [3.8, 4) is 11.1 Å². The molecular weight excluding hydrogens is 597 g/mol. The number of alkyl halides is 3. The van der Waals surface area contributed by atoms with E-state index in [1.165, 1.54) is 6.07 Å². The highest BCUT2D eigenvalue weighted by Gasteiger charge is 2.58. The van der Waals surface area contributed by atoms with Gasteiger partial charge in [0, 0.05) is 42.6 Å². The molecule has 1 saturated carbocycles.